The molecule has 0 aliphatic carbocycles. The van der Waals surface area contributed by atoms with E-state index in [1.807, 2.05) is 6.08 Å². The van der Waals surface area contributed by atoms with Crippen molar-refractivity contribution in [2.45, 2.75) is 211 Å². The number of hydrogen-bond donors (Lipinski definition) is 6. The first-order valence-corrected chi connectivity index (χ1v) is 22.1. The monoisotopic (exact) mass is 778 g/mol. The number of ether oxygens (including phenoxy) is 2. The Morgan fingerprint density at radius 2 is 1.21 bits per heavy atom. The van der Waals surface area contributed by atoms with Crippen molar-refractivity contribution in [3.8, 4) is 0 Å². The van der Waals surface area contributed by atoms with Gasteiger partial charge in [-0.15, -0.1) is 0 Å². The largest absolute Gasteiger partial charge is 0.397 e. The zero-order valence-corrected chi connectivity index (χ0v) is 33.6. The molecule has 6 N–H and O–H groups in total. The summed E-state index contributed by atoms with van der Waals surface area (Å²) in [5.41, 5.74) is 0. The number of hydrogen-bond acceptors (Lipinski definition) is 10. The summed E-state index contributed by atoms with van der Waals surface area (Å²) in [7, 11) is -5.08. The number of unbranched alkanes of at least 4 members (excludes halogenated alkanes) is 20. The van der Waals surface area contributed by atoms with Gasteiger partial charge in [-0.1, -0.05) is 147 Å². The lowest BCUT2D eigenvalue weighted by atomic mass is 9.99. The summed E-state index contributed by atoms with van der Waals surface area (Å²) in [6.07, 6.45) is 25.3. The van der Waals surface area contributed by atoms with Gasteiger partial charge >= 0.3 is 10.4 Å². The molecule has 312 valence electrons. The van der Waals surface area contributed by atoms with Crippen LogP contribution in [0.1, 0.15) is 168 Å². The first kappa shape index (κ1) is 49.6. The Morgan fingerprint density at radius 3 is 1.72 bits per heavy atom. The molecule has 13 heteroatoms. The van der Waals surface area contributed by atoms with Gasteiger partial charge in [0, 0.05) is 6.42 Å². The quantitative estimate of drug-likeness (QED) is 0.0224. The minimum atomic E-state index is -5.08. The SMILES string of the molecule is CCCCCC/C=C\CCCC(=O)NC(COC1OC(CO)C(O)C(OS(=O)(=O)O)C1O)C(O)/C=C/CCCCCCCCCCCCCCCCC. The molecular weight excluding hydrogens is 703 g/mol. The third kappa shape index (κ3) is 25.4. The minimum Gasteiger partial charge on any atom is -0.394 e. The summed E-state index contributed by atoms with van der Waals surface area (Å²) >= 11 is 0. The first-order valence-electron chi connectivity index (χ1n) is 20.7. The van der Waals surface area contributed by atoms with Crippen LogP contribution in [-0.2, 0) is 28.9 Å². The van der Waals surface area contributed by atoms with Crippen LogP contribution in [0.4, 0.5) is 0 Å². The topological polar surface area (TPSA) is 192 Å². The van der Waals surface area contributed by atoms with Crippen molar-refractivity contribution in [2.75, 3.05) is 13.2 Å². The maximum Gasteiger partial charge on any atom is 0.397 e. The van der Waals surface area contributed by atoms with E-state index in [1.165, 1.54) is 103 Å². The molecule has 0 aromatic rings. The van der Waals surface area contributed by atoms with E-state index in [0.717, 1.165) is 38.5 Å². The third-order valence-electron chi connectivity index (χ3n) is 9.73. The van der Waals surface area contributed by atoms with E-state index < -0.39 is 59.9 Å². The van der Waals surface area contributed by atoms with Crippen molar-refractivity contribution < 1.29 is 51.8 Å². The predicted molar refractivity (Wildman–Crippen MR) is 209 cm³/mol. The maximum absolute atomic E-state index is 12.9. The molecule has 0 spiro atoms. The standard InChI is InChI=1S/C40H75NO11S/c1-3-5-7-9-11-13-14-15-16-17-18-19-20-22-23-25-27-29-34(43)33(41-36(44)30-28-26-24-21-12-10-8-6-4-2)32-50-40-38(46)39(52-53(47,48)49)37(45)35(31-42)51-40/h21,24,27,29,33-35,37-40,42-43,45-46H,3-20,22-23,25-26,28,30-32H2,1-2H3,(H,41,44)(H,47,48,49)/b24-21-,29-27+. The molecule has 1 aliphatic heterocycles. The Balaban J connectivity index is 2.58. The van der Waals surface area contributed by atoms with Gasteiger partial charge in [0.1, 0.15) is 24.4 Å². The fourth-order valence-electron chi connectivity index (χ4n) is 6.46. The Hall–Kier alpha value is -1.42. The van der Waals surface area contributed by atoms with Gasteiger partial charge in [0.05, 0.1) is 25.4 Å². The second-order valence-electron chi connectivity index (χ2n) is 14.6. The maximum atomic E-state index is 12.9. The van der Waals surface area contributed by atoms with Gasteiger partial charge in [-0.3, -0.25) is 9.35 Å². The number of rotatable bonds is 34. The smallest absolute Gasteiger partial charge is 0.394 e. The fourth-order valence-corrected chi connectivity index (χ4v) is 6.96. The number of carbonyl (C=O) groups excluding carboxylic acids is 1. The van der Waals surface area contributed by atoms with Crippen molar-refractivity contribution in [1.29, 1.82) is 0 Å². The summed E-state index contributed by atoms with van der Waals surface area (Å²) < 4.78 is 47.3. The van der Waals surface area contributed by atoms with Crippen LogP contribution in [0.2, 0.25) is 0 Å². The number of aliphatic hydroxyl groups is 4. The molecule has 0 bridgehead atoms. The van der Waals surface area contributed by atoms with E-state index in [4.69, 9.17) is 14.0 Å². The van der Waals surface area contributed by atoms with Gasteiger partial charge < -0.3 is 35.2 Å². The van der Waals surface area contributed by atoms with Gasteiger partial charge in [-0.2, -0.15) is 8.42 Å². The van der Waals surface area contributed by atoms with Crippen molar-refractivity contribution in [2.24, 2.45) is 0 Å². The fraction of sp³-hybridized carbons (Fsp3) is 0.875. The van der Waals surface area contributed by atoms with Crippen LogP contribution in [0.5, 0.6) is 0 Å². The van der Waals surface area contributed by atoms with Crippen molar-refractivity contribution in [3.63, 3.8) is 0 Å². The van der Waals surface area contributed by atoms with E-state index in [2.05, 4.69) is 35.5 Å². The van der Waals surface area contributed by atoms with Gasteiger partial charge in [0.15, 0.2) is 6.29 Å². The second kappa shape index (κ2) is 31.7. The van der Waals surface area contributed by atoms with Crippen LogP contribution < -0.4 is 5.32 Å². The molecule has 0 radical (unpaired) electrons. The van der Waals surface area contributed by atoms with Gasteiger partial charge in [-0.25, -0.2) is 4.18 Å². The molecule has 1 rings (SSSR count). The van der Waals surface area contributed by atoms with Crippen LogP contribution in [0.3, 0.4) is 0 Å². The molecule has 0 aromatic heterocycles. The minimum absolute atomic E-state index is 0.220. The molecule has 7 unspecified atom stereocenters. The van der Waals surface area contributed by atoms with E-state index in [-0.39, 0.29) is 18.9 Å². The first-order chi connectivity index (χ1) is 25.5. The summed E-state index contributed by atoms with van der Waals surface area (Å²) in [6, 6.07) is -0.954. The van der Waals surface area contributed by atoms with Crippen LogP contribution >= 0.6 is 0 Å². The van der Waals surface area contributed by atoms with Crippen LogP contribution in [-0.4, -0.2) is 95.4 Å². The molecular formula is C40H75NO11S. The van der Waals surface area contributed by atoms with Gasteiger partial charge in [0.25, 0.3) is 0 Å². The molecule has 0 aromatic carbocycles. The average Bonchev–Trinajstić information content (AvgIpc) is 3.12. The van der Waals surface area contributed by atoms with E-state index in [9.17, 15) is 33.6 Å². The molecule has 0 saturated carbocycles. The van der Waals surface area contributed by atoms with E-state index >= 15 is 0 Å². The zero-order chi connectivity index (χ0) is 39.2. The summed E-state index contributed by atoms with van der Waals surface area (Å²) in [4.78, 5) is 12.9. The normalized spacial score (nSPS) is 22.1. The molecule has 12 nitrogen and oxygen atoms in total. The second-order valence-corrected chi connectivity index (χ2v) is 15.6. The predicted octanol–water partition coefficient (Wildman–Crippen LogP) is 6.99. The molecule has 1 saturated heterocycles. The molecule has 1 fully saturated rings. The Bertz CT molecular complexity index is 1060. The molecule has 53 heavy (non-hydrogen) atoms. The molecule has 7 atom stereocenters. The lowest BCUT2D eigenvalue weighted by Gasteiger charge is -2.41. The number of aliphatic hydroxyl groups excluding tert-OH is 4. The Labute approximate surface area is 321 Å². The summed E-state index contributed by atoms with van der Waals surface area (Å²) in [6.45, 7) is 3.31. The highest BCUT2D eigenvalue weighted by atomic mass is 32.3. The van der Waals surface area contributed by atoms with Crippen molar-refractivity contribution in [1.82, 2.24) is 5.32 Å². The van der Waals surface area contributed by atoms with Gasteiger partial charge in [-0.05, 0) is 38.5 Å². The Morgan fingerprint density at radius 1 is 0.736 bits per heavy atom. The number of amides is 1. The zero-order valence-electron chi connectivity index (χ0n) is 32.8. The van der Waals surface area contributed by atoms with E-state index in [1.54, 1.807) is 6.08 Å². The van der Waals surface area contributed by atoms with Gasteiger partial charge in [0.2, 0.25) is 5.91 Å². The van der Waals surface area contributed by atoms with Crippen molar-refractivity contribution >= 4 is 16.3 Å². The lowest BCUT2D eigenvalue weighted by molar-refractivity contribution is -0.298. The summed E-state index contributed by atoms with van der Waals surface area (Å²) in [5.74, 6) is -0.300. The highest BCUT2D eigenvalue weighted by Crippen LogP contribution is 2.26. The third-order valence-corrected chi connectivity index (χ3v) is 10.2. The Kier molecular flexibility index (Phi) is 29.7. The molecule has 1 heterocycles. The average molecular weight is 778 g/mol. The van der Waals surface area contributed by atoms with Crippen LogP contribution in [0, 0.1) is 0 Å². The highest BCUT2D eigenvalue weighted by molar-refractivity contribution is 7.80. The summed E-state index contributed by atoms with van der Waals surface area (Å²) in [5, 5.41) is 44.4. The number of nitrogens with one attached hydrogen (secondary N) is 1. The van der Waals surface area contributed by atoms with E-state index in [0.29, 0.717) is 6.42 Å². The highest BCUT2D eigenvalue weighted by Gasteiger charge is 2.48. The van der Waals surface area contributed by atoms with Crippen LogP contribution in [0.15, 0.2) is 24.3 Å². The van der Waals surface area contributed by atoms with Crippen molar-refractivity contribution in [3.05, 3.63) is 24.3 Å². The molecule has 1 amide bonds. The lowest BCUT2D eigenvalue weighted by Crippen LogP contribution is -2.61. The van der Waals surface area contributed by atoms with Crippen LogP contribution in [0.25, 0.3) is 0 Å². The molecule has 1 aliphatic rings. The number of carbonyl (C=O) groups is 1. The number of allylic oxidation sites excluding steroid dienone is 3.